The predicted molar refractivity (Wildman–Crippen MR) is 88.4 cm³/mol. The van der Waals surface area contributed by atoms with Gasteiger partial charge in [0.05, 0.1) is 18.4 Å². The van der Waals surface area contributed by atoms with E-state index in [1.54, 1.807) is 30.3 Å². The normalized spacial score (nSPS) is 10.0. The van der Waals surface area contributed by atoms with Crippen LogP contribution < -0.4 is 10.1 Å². The lowest BCUT2D eigenvalue weighted by atomic mass is 10.2. The molecule has 0 saturated carbocycles. The highest BCUT2D eigenvalue weighted by Gasteiger charge is 2.12. The fourth-order valence-electron chi connectivity index (χ4n) is 1.76. The number of nitrogens with one attached hydrogen (secondary N) is 1. The van der Waals surface area contributed by atoms with Crippen LogP contribution in [0.15, 0.2) is 42.5 Å². The first-order valence-corrected chi connectivity index (χ1v) is 7.31. The Hall–Kier alpha value is -2.24. The molecule has 0 saturated heterocycles. The number of carbonyl (C=O) groups excluding carboxylic acids is 2. The molecule has 0 radical (unpaired) electrons. The topological polar surface area (TPSA) is 64.6 Å². The molecule has 0 aliphatic heterocycles. The van der Waals surface area contributed by atoms with Gasteiger partial charge in [-0.3, -0.25) is 4.79 Å². The van der Waals surface area contributed by atoms with Crippen molar-refractivity contribution in [3.05, 3.63) is 58.1 Å². The highest BCUT2D eigenvalue weighted by molar-refractivity contribution is 6.31. The van der Waals surface area contributed by atoms with Gasteiger partial charge in [-0.15, -0.1) is 0 Å². The molecule has 2 rings (SSSR count). The van der Waals surface area contributed by atoms with Gasteiger partial charge in [-0.05, 0) is 42.5 Å². The molecule has 0 aliphatic carbocycles. The van der Waals surface area contributed by atoms with E-state index in [-0.39, 0.29) is 0 Å². The third-order valence-electron chi connectivity index (χ3n) is 2.85. The maximum Gasteiger partial charge on any atom is 0.338 e. The van der Waals surface area contributed by atoms with Crippen LogP contribution >= 0.6 is 23.2 Å². The molecule has 120 valence electrons. The molecule has 1 amide bonds. The van der Waals surface area contributed by atoms with Crippen molar-refractivity contribution in [2.45, 2.75) is 0 Å². The number of ether oxygens (including phenoxy) is 2. The standard InChI is InChI=1S/C16H13Cl2NO4/c1-22-14-7-6-12(18)8-13(14)19-15(20)9-23-16(21)10-2-4-11(17)5-3-10/h2-8H,9H2,1H3,(H,19,20). The van der Waals surface area contributed by atoms with Crippen molar-refractivity contribution in [1.82, 2.24) is 0 Å². The average Bonchev–Trinajstić information content (AvgIpc) is 2.53. The van der Waals surface area contributed by atoms with E-state index in [1.807, 2.05) is 0 Å². The van der Waals surface area contributed by atoms with Gasteiger partial charge in [0.25, 0.3) is 5.91 Å². The first-order valence-electron chi connectivity index (χ1n) is 6.55. The lowest BCUT2D eigenvalue weighted by molar-refractivity contribution is -0.119. The molecule has 7 heteroatoms. The maximum atomic E-state index is 11.9. The highest BCUT2D eigenvalue weighted by Crippen LogP contribution is 2.27. The molecule has 23 heavy (non-hydrogen) atoms. The molecule has 0 aliphatic rings. The lowest BCUT2D eigenvalue weighted by Crippen LogP contribution is -2.21. The number of benzene rings is 2. The minimum absolute atomic E-state index is 0.308. The first kappa shape index (κ1) is 17.1. The summed E-state index contributed by atoms with van der Waals surface area (Å²) in [4.78, 5) is 23.7. The molecular formula is C16H13Cl2NO4. The second-order valence-electron chi connectivity index (χ2n) is 4.48. The number of halogens is 2. The Morgan fingerprint density at radius 1 is 1.04 bits per heavy atom. The van der Waals surface area contributed by atoms with E-state index in [0.29, 0.717) is 27.0 Å². The number of amides is 1. The number of hydrogen-bond acceptors (Lipinski definition) is 4. The van der Waals surface area contributed by atoms with Crippen LogP contribution in [0.25, 0.3) is 0 Å². The molecule has 2 aromatic rings. The third kappa shape index (κ3) is 4.87. The van der Waals surface area contributed by atoms with Gasteiger partial charge >= 0.3 is 5.97 Å². The zero-order chi connectivity index (χ0) is 16.8. The van der Waals surface area contributed by atoms with Crippen molar-refractivity contribution < 1.29 is 19.1 Å². The molecule has 2 aromatic carbocycles. The summed E-state index contributed by atoms with van der Waals surface area (Å²) >= 11 is 11.6. The number of esters is 1. The molecule has 0 spiro atoms. The van der Waals surface area contributed by atoms with Crippen molar-refractivity contribution in [3.63, 3.8) is 0 Å². The second-order valence-corrected chi connectivity index (χ2v) is 5.35. The molecule has 0 atom stereocenters. The molecule has 0 bridgehead atoms. The van der Waals surface area contributed by atoms with Crippen molar-refractivity contribution in [2.75, 3.05) is 19.0 Å². The van der Waals surface area contributed by atoms with Crippen LogP contribution in [-0.2, 0) is 9.53 Å². The summed E-state index contributed by atoms with van der Waals surface area (Å²) in [6.45, 7) is -0.433. The summed E-state index contributed by atoms with van der Waals surface area (Å²) in [6.07, 6.45) is 0. The van der Waals surface area contributed by atoms with Crippen LogP contribution in [0.4, 0.5) is 5.69 Å². The first-order chi connectivity index (χ1) is 11.0. The van der Waals surface area contributed by atoms with Gasteiger partial charge < -0.3 is 14.8 Å². The van der Waals surface area contributed by atoms with E-state index in [0.717, 1.165) is 0 Å². The van der Waals surface area contributed by atoms with Crippen molar-refractivity contribution in [3.8, 4) is 5.75 Å². The minimum atomic E-state index is -0.616. The van der Waals surface area contributed by atoms with Crippen LogP contribution in [0.3, 0.4) is 0 Å². The Balaban J connectivity index is 1.94. The molecule has 1 N–H and O–H groups in total. The quantitative estimate of drug-likeness (QED) is 0.830. The summed E-state index contributed by atoms with van der Waals surface area (Å²) in [7, 11) is 1.47. The van der Waals surface area contributed by atoms with E-state index in [1.165, 1.54) is 19.2 Å². The molecule has 0 unspecified atom stereocenters. The lowest BCUT2D eigenvalue weighted by Gasteiger charge is -2.10. The molecule has 0 fully saturated rings. The van der Waals surface area contributed by atoms with Crippen LogP contribution in [0.2, 0.25) is 10.0 Å². The van der Waals surface area contributed by atoms with E-state index in [2.05, 4.69) is 5.32 Å². The van der Waals surface area contributed by atoms with Gasteiger partial charge in [0, 0.05) is 10.0 Å². The van der Waals surface area contributed by atoms with Crippen LogP contribution in [0, 0.1) is 0 Å². The fraction of sp³-hybridized carbons (Fsp3) is 0.125. The largest absolute Gasteiger partial charge is 0.495 e. The smallest absolute Gasteiger partial charge is 0.338 e. The number of anilines is 1. The Kier molecular flexibility index (Phi) is 5.84. The summed E-state index contributed by atoms with van der Waals surface area (Å²) < 4.78 is 10.1. The van der Waals surface area contributed by atoms with Crippen LogP contribution in [0.1, 0.15) is 10.4 Å². The summed E-state index contributed by atoms with van der Waals surface area (Å²) in [5.41, 5.74) is 0.704. The molecular weight excluding hydrogens is 341 g/mol. The Labute approximate surface area is 143 Å². The number of hydrogen-bond donors (Lipinski definition) is 1. The van der Waals surface area contributed by atoms with E-state index < -0.39 is 18.5 Å². The van der Waals surface area contributed by atoms with Gasteiger partial charge in [0.1, 0.15) is 5.75 Å². The third-order valence-corrected chi connectivity index (χ3v) is 3.34. The van der Waals surface area contributed by atoms with Gasteiger partial charge in [-0.2, -0.15) is 0 Å². The van der Waals surface area contributed by atoms with Crippen LogP contribution in [-0.4, -0.2) is 25.6 Å². The second kappa shape index (κ2) is 7.85. The molecule has 0 heterocycles. The molecule has 0 aromatic heterocycles. The summed E-state index contributed by atoms with van der Waals surface area (Å²) in [6, 6.07) is 11.0. The molecule has 5 nitrogen and oxygen atoms in total. The van der Waals surface area contributed by atoms with E-state index >= 15 is 0 Å². The average molecular weight is 354 g/mol. The Morgan fingerprint density at radius 3 is 2.35 bits per heavy atom. The van der Waals surface area contributed by atoms with Crippen molar-refractivity contribution in [2.24, 2.45) is 0 Å². The van der Waals surface area contributed by atoms with Crippen molar-refractivity contribution in [1.29, 1.82) is 0 Å². The summed E-state index contributed by atoms with van der Waals surface area (Å²) in [5.74, 6) is -0.672. The van der Waals surface area contributed by atoms with Crippen LogP contribution in [0.5, 0.6) is 5.75 Å². The monoisotopic (exact) mass is 353 g/mol. The maximum absolute atomic E-state index is 11.9. The Morgan fingerprint density at radius 2 is 1.70 bits per heavy atom. The minimum Gasteiger partial charge on any atom is -0.495 e. The van der Waals surface area contributed by atoms with Gasteiger partial charge in [-0.25, -0.2) is 4.79 Å². The zero-order valence-electron chi connectivity index (χ0n) is 12.1. The van der Waals surface area contributed by atoms with Gasteiger partial charge in [0.2, 0.25) is 0 Å². The summed E-state index contributed by atoms with van der Waals surface area (Å²) in [5, 5.41) is 3.52. The number of carbonyl (C=O) groups is 2. The Bertz CT molecular complexity index is 717. The number of rotatable bonds is 5. The highest BCUT2D eigenvalue weighted by atomic mass is 35.5. The van der Waals surface area contributed by atoms with Gasteiger partial charge in [0.15, 0.2) is 6.61 Å². The fourth-order valence-corrected chi connectivity index (χ4v) is 2.06. The SMILES string of the molecule is COc1ccc(Cl)cc1NC(=O)COC(=O)c1ccc(Cl)cc1. The van der Waals surface area contributed by atoms with E-state index in [4.69, 9.17) is 32.7 Å². The van der Waals surface area contributed by atoms with Gasteiger partial charge in [-0.1, -0.05) is 23.2 Å². The van der Waals surface area contributed by atoms with E-state index in [9.17, 15) is 9.59 Å². The zero-order valence-corrected chi connectivity index (χ0v) is 13.6. The number of methoxy groups -OCH3 is 1. The predicted octanol–water partition coefficient (Wildman–Crippen LogP) is 3.80. The van der Waals surface area contributed by atoms with Crippen molar-refractivity contribution >= 4 is 40.8 Å².